The molecule has 1 heterocycles. The van der Waals surface area contributed by atoms with Gasteiger partial charge in [-0.2, -0.15) is 0 Å². The van der Waals surface area contributed by atoms with E-state index in [9.17, 15) is 24.6 Å². The average molecular weight is 574 g/mol. The van der Waals surface area contributed by atoms with E-state index in [-0.39, 0.29) is 37.3 Å². The van der Waals surface area contributed by atoms with Crippen molar-refractivity contribution in [2.75, 3.05) is 13.2 Å². The summed E-state index contributed by atoms with van der Waals surface area (Å²) in [7, 11) is 0. The molecule has 41 heavy (non-hydrogen) atoms. The van der Waals surface area contributed by atoms with Crippen LogP contribution in [0.25, 0.3) is 0 Å². The number of rotatable bonds is 13. The van der Waals surface area contributed by atoms with E-state index in [1.807, 2.05) is 91.0 Å². The number of benzene rings is 3. The van der Waals surface area contributed by atoms with Crippen LogP contribution >= 0.6 is 6.89 Å². The normalized spacial score (nSPS) is 17.3. The number of ether oxygens (including phenoxy) is 1. The first-order valence-electron chi connectivity index (χ1n) is 13.7. The smallest absolute Gasteiger partial charge is 0.356 e. The molecule has 0 saturated carbocycles. The molecule has 3 aromatic carbocycles. The van der Waals surface area contributed by atoms with E-state index in [0.717, 1.165) is 15.9 Å². The highest BCUT2D eigenvalue weighted by Gasteiger charge is 2.55. The van der Waals surface area contributed by atoms with Gasteiger partial charge in [0.1, 0.15) is 17.8 Å². The quantitative estimate of drug-likeness (QED) is 0.141. The van der Waals surface area contributed by atoms with E-state index in [2.05, 4.69) is 6.58 Å². The number of hydrogen-bond acceptors (Lipinski definition) is 6. The Hall–Kier alpha value is -3.77. The van der Waals surface area contributed by atoms with Crippen molar-refractivity contribution in [3.8, 4) is 0 Å². The molecule has 0 bridgehead atoms. The Morgan fingerprint density at radius 1 is 0.951 bits per heavy atom. The van der Waals surface area contributed by atoms with Gasteiger partial charge in [-0.25, -0.2) is 4.79 Å². The molecular formula is C33H36NO6P. The molecule has 1 aliphatic rings. The molecule has 8 heteroatoms. The molecule has 2 N–H and O–H groups in total. The fraction of sp³-hybridized carbons (Fsp3) is 0.273. The van der Waals surface area contributed by atoms with Crippen LogP contribution in [-0.4, -0.2) is 63.5 Å². The summed E-state index contributed by atoms with van der Waals surface area (Å²) in [4.78, 5) is 42.6. The van der Waals surface area contributed by atoms with Gasteiger partial charge in [0, 0.05) is 26.3 Å². The van der Waals surface area contributed by atoms with Crippen LogP contribution < -0.4 is 15.9 Å². The topological polar surface area (TPSA) is 104 Å². The van der Waals surface area contributed by atoms with Crippen LogP contribution in [0.1, 0.15) is 26.2 Å². The van der Waals surface area contributed by atoms with Crippen molar-refractivity contribution in [3.63, 3.8) is 0 Å². The number of likely N-dealkylation sites (tertiary alicyclic amines) is 1. The first-order valence-corrected chi connectivity index (χ1v) is 15.5. The fourth-order valence-corrected chi connectivity index (χ4v) is 9.95. The number of ketones is 1. The molecule has 214 valence electrons. The lowest BCUT2D eigenvalue weighted by Gasteiger charge is -2.50. The number of nitrogens with zero attached hydrogens (tertiary/aromatic N) is 1. The lowest BCUT2D eigenvalue weighted by Crippen LogP contribution is -2.68. The SMILES string of the molecule is C=CCOC(=O)C(N1C(=O)[C@H]([C@@H](C)O)[C@H]1CC(=O)CCCO)=P(c1ccccc1)(c1ccccc1)c1ccccc1. The van der Waals surface area contributed by atoms with Crippen LogP contribution in [0.3, 0.4) is 0 Å². The third-order valence-corrected chi connectivity index (χ3v) is 11.6. The van der Waals surface area contributed by atoms with Gasteiger partial charge in [0.25, 0.3) is 0 Å². The molecule has 1 amide bonds. The Morgan fingerprint density at radius 3 is 1.85 bits per heavy atom. The van der Waals surface area contributed by atoms with E-state index < -0.39 is 36.8 Å². The van der Waals surface area contributed by atoms with Gasteiger partial charge in [0.2, 0.25) is 5.91 Å². The Kier molecular flexibility index (Phi) is 10.1. The first kappa shape index (κ1) is 30.2. The molecule has 0 radical (unpaired) electrons. The molecule has 1 fully saturated rings. The second-order valence-corrected chi connectivity index (χ2v) is 13.3. The highest BCUT2D eigenvalue weighted by atomic mass is 31.2. The van der Waals surface area contributed by atoms with E-state index in [1.54, 1.807) is 0 Å². The number of esters is 1. The van der Waals surface area contributed by atoms with Gasteiger partial charge in [-0.3, -0.25) is 9.59 Å². The van der Waals surface area contributed by atoms with E-state index >= 15 is 0 Å². The van der Waals surface area contributed by atoms with Crippen LogP contribution in [-0.2, 0) is 19.1 Å². The van der Waals surface area contributed by atoms with Gasteiger partial charge in [0.05, 0.1) is 18.1 Å². The third-order valence-electron chi connectivity index (χ3n) is 7.33. The first-order chi connectivity index (χ1) is 19.9. The average Bonchev–Trinajstić information content (AvgIpc) is 2.99. The van der Waals surface area contributed by atoms with Crippen molar-refractivity contribution >= 4 is 45.9 Å². The molecular weight excluding hydrogens is 537 g/mol. The summed E-state index contributed by atoms with van der Waals surface area (Å²) in [5.41, 5.74) is 0.157. The van der Waals surface area contributed by atoms with E-state index in [0.29, 0.717) is 6.42 Å². The largest absolute Gasteiger partial charge is 0.457 e. The maximum Gasteiger partial charge on any atom is 0.356 e. The predicted octanol–water partition coefficient (Wildman–Crippen LogP) is 2.78. The summed E-state index contributed by atoms with van der Waals surface area (Å²) in [6, 6.07) is 28.0. The van der Waals surface area contributed by atoms with Crippen molar-refractivity contribution in [1.82, 2.24) is 4.90 Å². The number of carbonyl (C=O) groups is 3. The maximum absolute atomic E-state index is 14.3. The van der Waals surface area contributed by atoms with Gasteiger partial charge in [-0.1, -0.05) is 104 Å². The van der Waals surface area contributed by atoms with Gasteiger partial charge in [-0.15, -0.1) is 0 Å². The summed E-state index contributed by atoms with van der Waals surface area (Å²) in [5, 5.41) is 22.4. The molecule has 7 nitrogen and oxygen atoms in total. The molecule has 3 aromatic rings. The molecule has 3 atom stereocenters. The second-order valence-electron chi connectivity index (χ2n) is 10.0. The second kappa shape index (κ2) is 13.7. The molecule has 4 rings (SSSR count). The predicted molar refractivity (Wildman–Crippen MR) is 163 cm³/mol. The highest BCUT2D eigenvalue weighted by molar-refractivity contribution is 7.96. The summed E-state index contributed by atoms with van der Waals surface area (Å²) in [6.07, 6.45) is 0.811. The van der Waals surface area contributed by atoms with Crippen molar-refractivity contribution in [2.45, 2.75) is 38.3 Å². The maximum atomic E-state index is 14.3. The lowest BCUT2D eigenvalue weighted by atomic mass is 9.80. The highest BCUT2D eigenvalue weighted by Crippen LogP contribution is 2.50. The van der Waals surface area contributed by atoms with Gasteiger partial charge in [0.15, 0.2) is 0 Å². The van der Waals surface area contributed by atoms with Crippen molar-refractivity contribution in [2.24, 2.45) is 5.92 Å². The number of aliphatic hydroxyl groups is 2. The third kappa shape index (κ3) is 5.98. The van der Waals surface area contributed by atoms with Crippen molar-refractivity contribution < 1.29 is 29.3 Å². The van der Waals surface area contributed by atoms with E-state index in [4.69, 9.17) is 4.74 Å². The number of carbonyl (C=O) groups excluding carboxylic acids is 3. The lowest BCUT2D eigenvalue weighted by molar-refractivity contribution is -0.158. The van der Waals surface area contributed by atoms with E-state index in [1.165, 1.54) is 17.9 Å². The standard InChI is InChI=1S/C33H36NO6P/c1-3-22-40-33(39)32(34-29(23-25(37)14-13-21-35)30(24(2)36)31(34)38)41(26-15-7-4-8-16-26,27-17-9-5-10-18-27)28-19-11-6-12-20-28/h3-12,15-20,24,29-30,35-36H,1,13-14,21-23H2,2H3/t24-,29-,30-/m1/s1. The Bertz CT molecular complexity index is 1320. The molecule has 1 saturated heterocycles. The van der Waals surface area contributed by atoms with Crippen LogP contribution in [0, 0.1) is 5.92 Å². The minimum absolute atomic E-state index is 0.0576. The number of Topliss-reactive ketones (excluding diaryl/α,β-unsaturated/α-hetero) is 1. The molecule has 0 unspecified atom stereocenters. The minimum atomic E-state index is -3.10. The van der Waals surface area contributed by atoms with Crippen LogP contribution in [0.5, 0.6) is 0 Å². The Balaban J connectivity index is 2.13. The number of amides is 1. The number of hydrogen-bond donors (Lipinski definition) is 2. The van der Waals surface area contributed by atoms with Crippen LogP contribution in [0.15, 0.2) is 104 Å². The zero-order chi connectivity index (χ0) is 29.4. The zero-order valence-corrected chi connectivity index (χ0v) is 24.0. The summed E-state index contributed by atoms with van der Waals surface area (Å²) < 4.78 is 5.70. The molecule has 0 aromatic heterocycles. The van der Waals surface area contributed by atoms with Crippen molar-refractivity contribution in [1.29, 1.82) is 0 Å². The van der Waals surface area contributed by atoms with Gasteiger partial charge >= 0.3 is 5.97 Å². The van der Waals surface area contributed by atoms with Crippen LogP contribution in [0.4, 0.5) is 0 Å². The van der Waals surface area contributed by atoms with Crippen molar-refractivity contribution in [3.05, 3.63) is 104 Å². The Morgan fingerprint density at radius 2 is 1.44 bits per heavy atom. The molecule has 1 aliphatic heterocycles. The molecule has 0 aliphatic carbocycles. The monoisotopic (exact) mass is 573 g/mol. The minimum Gasteiger partial charge on any atom is -0.457 e. The van der Waals surface area contributed by atoms with Gasteiger partial charge < -0.3 is 19.8 Å². The van der Waals surface area contributed by atoms with Crippen LogP contribution in [0.2, 0.25) is 0 Å². The summed E-state index contributed by atoms with van der Waals surface area (Å²) in [6.45, 7) is 1.91. The molecule has 0 spiro atoms. The summed E-state index contributed by atoms with van der Waals surface area (Å²) >= 11 is 0. The Labute approximate surface area is 241 Å². The van der Waals surface area contributed by atoms with Gasteiger partial charge in [-0.05, 0) is 29.3 Å². The number of β-lactam (4-membered cyclic amide) rings is 1. The zero-order valence-electron chi connectivity index (χ0n) is 23.1. The number of aliphatic hydroxyl groups excluding tert-OH is 2. The summed E-state index contributed by atoms with van der Waals surface area (Å²) in [5.74, 6) is -2.13. The fourth-order valence-electron chi connectivity index (χ4n) is 5.55.